The minimum absolute atomic E-state index is 0.0971. The van der Waals surface area contributed by atoms with Crippen molar-refractivity contribution < 1.29 is 19.5 Å². The largest absolute Gasteiger partial charge is 0.480 e. The van der Waals surface area contributed by atoms with Crippen molar-refractivity contribution in [2.45, 2.75) is 57.4 Å². The molecular weight excluding hydrogens is 489 g/mol. The van der Waals surface area contributed by atoms with Gasteiger partial charge in [-0.2, -0.15) is 5.26 Å². The molecular formula is C26H27Cl2N3O4. The number of amides is 2. The Morgan fingerprint density at radius 3 is 2.26 bits per heavy atom. The second-order valence-electron chi connectivity index (χ2n) is 8.82. The highest BCUT2D eigenvalue weighted by Gasteiger charge is 2.41. The Morgan fingerprint density at radius 2 is 1.69 bits per heavy atom. The van der Waals surface area contributed by atoms with Crippen molar-refractivity contribution in [3.63, 3.8) is 0 Å². The molecule has 0 heterocycles. The highest BCUT2D eigenvalue weighted by molar-refractivity contribution is 6.40. The molecule has 3 rings (SSSR count). The zero-order chi connectivity index (χ0) is 25.4. The molecule has 1 atom stereocenters. The van der Waals surface area contributed by atoms with Crippen LogP contribution in [-0.4, -0.2) is 28.9 Å². The average Bonchev–Trinajstić information content (AvgIpc) is 3.30. The molecule has 184 valence electrons. The van der Waals surface area contributed by atoms with E-state index in [1.54, 1.807) is 42.5 Å². The summed E-state index contributed by atoms with van der Waals surface area (Å²) in [5.74, 6) is -1.82. The van der Waals surface area contributed by atoms with Crippen LogP contribution in [0.25, 0.3) is 0 Å². The van der Waals surface area contributed by atoms with E-state index in [1.807, 2.05) is 0 Å². The van der Waals surface area contributed by atoms with Crippen LogP contribution in [0.5, 0.6) is 0 Å². The van der Waals surface area contributed by atoms with Crippen molar-refractivity contribution in [1.82, 2.24) is 5.32 Å². The van der Waals surface area contributed by atoms with Gasteiger partial charge < -0.3 is 15.7 Å². The van der Waals surface area contributed by atoms with Crippen LogP contribution < -0.4 is 10.6 Å². The summed E-state index contributed by atoms with van der Waals surface area (Å²) in [6.45, 7) is 0. The number of carboxylic acids is 1. The molecule has 0 saturated heterocycles. The number of nitriles is 1. The number of carboxylic acid groups (broad SMARTS) is 1. The monoisotopic (exact) mass is 515 g/mol. The van der Waals surface area contributed by atoms with Crippen molar-refractivity contribution >= 4 is 46.7 Å². The summed E-state index contributed by atoms with van der Waals surface area (Å²) in [6.07, 6.45) is 4.94. The standard InChI is InChI=1S/C26H27Cl2N3O4/c27-19-6-5-7-20(28)22(19)23(32)30-18-10-8-17(9-11-18)16-21(24(33)34)31-25(35)26(12-1-2-13-26)14-3-4-15-29/h5-11,21H,1-4,12-14,16H2,(H,30,32)(H,31,35)(H,33,34)/t21-/m0/s1. The first kappa shape index (κ1) is 26.5. The van der Waals surface area contributed by atoms with E-state index in [9.17, 15) is 19.5 Å². The lowest BCUT2D eigenvalue weighted by molar-refractivity contribution is -0.144. The van der Waals surface area contributed by atoms with Gasteiger partial charge in [0.25, 0.3) is 5.91 Å². The van der Waals surface area contributed by atoms with Crippen molar-refractivity contribution in [3.05, 3.63) is 63.6 Å². The smallest absolute Gasteiger partial charge is 0.326 e. The number of halogens is 2. The van der Waals surface area contributed by atoms with Crippen molar-refractivity contribution in [1.29, 1.82) is 5.26 Å². The summed E-state index contributed by atoms with van der Waals surface area (Å²) < 4.78 is 0. The van der Waals surface area contributed by atoms with E-state index in [0.29, 0.717) is 43.4 Å². The normalized spacial score (nSPS) is 15.1. The van der Waals surface area contributed by atoms with E-state index in [1.165, 1.54) is 0 Å². The number of aliphatic carboxylic acids is 1. The lowest BCUT2D eigenvalue weighted by Crippen LogP contribution is -2.48. The van der Waals surface area contributed by atoms with Crippen LogP contribution >= 0.6 is 23.2 Å². The molecule has 2 aromatic rings. The van der Waals surface area contributed by atoms with Crippen molar-refractivity contribution in [2.24, 2.45) is 5.41 Å². The van der Waals surface area contributed by atoms with Gasteiger partial charge in [0, 0.05) is 23.9 Å². The summed E-state index contributed by atoms with van der Waals surface area (Å²) in [5, 5.41) is 24.5. The van der Waals surface area contributed by atoms with Crippen LogP contribution in [-0.2, 0) is 16.0 Å². The third kappa shape index (κ3) is 6.74. The van der Waals surface area contributed by atoms with E-state index in [2.05, 4.69) is 16.7 Å². The van der Waals surface area contributed by atoms with Gasteiger partial charge in [-0.15, -0.1) is 0 Å². The summed E-state index contributed by atoms with van der Waals surface area (Å²) in [6, 6.07) is 12.5. The summed E-state index contributed by atoms with van der Waals surface area (Å²) in [4.78, 5) is 37.6. The Kier molecular flexibility index (Phi) is 9.13. The van der Waals surface area contributed by atoms with E-state index in [4.69, 9.17) is 28.5 Å². The molecule has 0 spiro atoms. The fraction of sp³-hybridized carbons (Fsp3) is 0.385. The zero-order valence-corrected chi connectivity index (χ0v) is 20.7. The Hall–Kier alpha value is -3.08. The quantitative estimate of drug-likeness (QED) is 0.355. The van der Waals surface area contributed by atoms with Gasteiger partial charge in [-0.25, -0.2) is 4.79 Å². The van der Waals surface area contributed by atoms with E-state index >= 15 is 0 Å². The number of carbonyl (C=O) groups is 3. The third-order valence-electron chi connectivity index (χ3n) is 6.43. The molecule has 2 aromatic carbocycles. The topological polar surface area (TPSA) is 119 Å². The van der Waals surface area contributed by atoms with Crippen LogP contribution in [0.4, 0.5) is 5.69 Å². The lowest BCUT2D eigenvalue weighted by atomic mass is 9.80. The molecule has 1 fully saturated rings. The highest BCUT2D eigenvalue weighted by Crippen LogP contribution is 2.42. The van der Waals surface area contributed by atoms with Crippen LogP contribution in [0.15, 0.2) is 42.5 Å². The lowest BCUT2D eigenvalue weighted by Gasteiger charge is -2.29. The van der Waals surface area contributed by atoms with Gasteiger partial charge in [0.1, 0.15) is 6.04 Å². The molecule has 3 N–H and O–H groups in total. The highest BCUT2D eigenvalue weighted by atomic mass is 35.5. The molecule has 9 heteroatoms. The van der Waals surface area contributed by atoms with Gasteiger partial charge >= 0.3 is 5.97 Å². The van der Waals surface area contributed by atoms with Gasteiger partial charge in [-0.1, -0.05) is 54.2 Å². The molecule has 2 amide bonds. The molecule has 7 nitrogen and oxygen atoms in total. The maximum absolute atomic E-state index is 13.1. The minimum atomic E-state index is -1.12. The van der Waals surface area contributed by atoms with E-state index < -0.39 is 23.3 Å². The molecule has 1 aliphatic carbocycles. The summed E-state index contributed by atoms with van der Waals surface area (Å²) in [5.41, 5.74) is 0.757. The van der Waals surface area contributed by atoms with Crippen molar-refractivity contribution in [3.8, 4) is 6.07 Å². The number of hydrogen-bond acceptors (Lipinski definition) is 4. The molecule has 0 aliphatic heterocycles. The number of unbranched alkanes of at least 4 members (excludes halogenated alkanes) is 1. The number of benzene rings is 2. The number of anilines is 1. The van der Waals surface area contributed by atoms with Crippen LogP contribution in [0.3, 0.4) is 0 Å². The second-order valence-corrected chi connectivity index (χ2v) is 9.63. The first-order valence-corrected chi connectivity index (χ1v) is 12.3. The van der Waals surface area contributed by atoms with Crippen LogP contribution in [0.2, 0.25) is 10.0 Å². The summed E-state index contributed by atoms with van der Waals surface area (Å²) in [7, 11) is 0. The Bertz CT molecular complexity index is 1100. The average molecular weight is 516 g/mol. The molecule has 0 aromatic heterocycles. The first-order chi connectivity index (χ1) is 16.8. The SMILES string of the molecule is N#CCCCC1(C(=O)N[C@@H](Cc2ccc(NC(=O)c3c(Cl)cccc3Cl)cc2)C(=O)O)CCCC1. The number of carbonyl (C=O) groups excluding carboxylic acids is 2. The number of nitrogens with one attached hydrogen (secondary N) is 2. The second kappa shape index (κ2) is 12.1. The van der Waals surface area contributed by atoms with Gasteiger partial charge in [0.2, 0.25) is 5.91 Å². The van der Waals surface area contributed by atoms with E-state index in [0.717, 1.165) is 12.8 Å². The Morgan fingerprint density at radius 1 is 1.06 bits per heavy atom. The van der Waals surface area contributed by atoms with Gasteiger partial charge in [-0.05, 0) is 55.5 Å². The van der Waals surface area contributed by atoms with Gasteiger partial charge in [0.05, 0.1) is 21.7 Å². The van der Waals surface area contributed by atoms with E-state index in [-0.39, 0.29) is 27.9 Å². The number of hydrogen-bond donors (Lipinski definition) is 3. The minimum Gasteiger partial charge on any atom is -0.480 e. The number of rotatable bonds is 10. The van der Waals surface area contributed by atoms with Gasteiger partial charge in [0.15, 0.2) is 0 Å². The fourth-order valence-corrected chi connectivity index (χ4v) is 5.10. The Labute approximate surface area is 214 Å². The zero-order valence-electron chi connectivity index (χ0n) is 19.2. The molecule has 0 unspecified atom stereocenters. The molecule has 1 aliphatic rings. The maximum atomic E-state index is 13.1. The molecule has 0 radical (unpaired) electrons. The van der Waals surface area contributed by atoms with Crippen LogP contribution in [0, 0.1) is 16.7 Å². The van der Waals surface area contributed by atoms with Crippen LogP contribution in [0.1, 0.15) is 60.9 Å². The predicted molar refractivity (Wildman–Crippen MR) is 134 cm³/mol. The van der Waals surface area contributed by atoms with Gasteiger partial charge in [-0.3, -0.25) is 9.59 Å². The summed E-state index contributed by atoms with van der Waals surface area (Å²) >= 11 is 12.2. The first-order valence-electron chi connectivity index (χ1n) is 11.5. The molecule has 0 bridgehead atoms. The third-order valence-corrected chi connectivity index (χ3v) is 7.06. The van der Waals surface area contributed by atoms with Crippen molar-refractivity contribution in [2.75, 3.05) is 5.32 Å². The predicted octanol–water partition coefficient (Wildman–Crippen LogP) is 5.61. The molecule has 35 heavy (non-hydrogen) atoms. The fourth-order valence-electron chi connectivity index (χ4n) is 4.53. The Balaban J connectivity index is 1.65. The molecule has 1 saturated carbocycles. The number of nitrogens with zero attached hydrogens (tertiary/aromatic N) is 1. The maximum Gasteiger partial charge on any atom is 0.326 e.